The number of likely N-dealkylation sites (tertiary alicyclic amines) is 1. The van der Waals surface area contributed by atoms with Crippen molar-refractivity contribution in [3.8, 4) is 11.3 Å². The molecule has 0 aliphatic carbocycles. The van der Waals surface area contributed by atoms with Crippen LogP contribution in [-0.4, -0.2) is 50.2 Å². The maximum Gasteiger partial charge on any atom is 0.222 e. The van der Waals surface area contributed by atoms with Gasteiger partial charge in [-0.15, -0.1) is 0 Å². The normalized spacial score (nSPS) is 14.5. The highest BCUT2D eigenvalue weighted by atomic mass is 16.2. The van der Waals surface area contributed by atoms with Gasteiger partial charge in [-0.25, -0.2) is 9.97 Å². The summed E-state index contributed by atoms with van der Waals surface area (Å²) < 4.78 is 1.87. The van der Waals surface area contributed by atoms with Crippen molar-refractivity contribution >= 4 is 11.7 Å². The van der Waals surface area contributed by atoms with Crippen LogP contribution >= 0.6 is 0 Å². The van der Waals surface area contributed by atoms with Crippen LogP contribution in [0, 0.1) is 13.8 Å². The quantitative estimate of drug-likeness (QED) is 0.820. The Morgan fingerprint density at radius 3 is 2.79 bits per heavy atom. The molecule has 0 bridgehead atoms. The van der Waals surface area contributed by atoms with Gasteiger partial charge in [-0.3, -0.25) is 9.48 Å². The van der Waals surface area contributed by atoms with E-state index in [0.29, 0.717) is 6.42 Å². The topological polar surface area (TPSA) is 75.9 Å². The standard InChI is InChI=1S/C17H24N6O/c1-12-17(13(2)22(3)21-12)14-10-15(20-11-19-14)18-7-5-9-23-8-4-6-16(23)24/h10-11H,4-9H2,1-3H3,(H,18,19,20). The van der Waals surface area contributed by atoms with Gasteiger partial charge in [0, 0.05) is 50.4 Å². The summed E-state index contributed by atoms with van der Waals surface area (Å²) in [5.41, 5.74) is 3.99. The van der Waals surface area contributed by atoms with Gasteiger partial charge < -0.3 is 10.2 Å². The van der Waals surface area contributed by atoms with E-state index in [-0.39, 0.29) is 5.91 Å². The molecule has 0 aromatic carbocycles. The minimum Gasteiger partial charge on any atom is -0.370 e. The first-order valence-electron chi connectivity index (χ1n) is 8.40. The predicted molar refractivity (Wildman–Crippen MR) is 92.6 cm³/mol. The van der Waals surface area contributed by atoms with Crippen LogP contribution in [0.3, 0.4) is 0 Å². The molecule has 2 aromatic heterocycles. The fourth-order valence-corrected chi connectivity index (χ4v) is 3.16. The summed E-state index contributed by atoms with van der Waals surface area (Å²) in [5, 5.41) is 7.76. The molecule has 1 N–H and O–H groups in total. The van der Waals surface area contributed by atoms with Crippen molar-refractivity contribution in [1.82, 2.24) is 24.6 Å². The first-order valence-corrected chi connectivity index (χ1v) is 8.40. The number of nitrogens with one attached hydrogen (secondary N) is 1. The minimum absolute atomic E-state index is 0.279. The van der Waals surface area contributed by atoms with Crippen LogP contribution in [0.2, 0.25) is 0 Å². The van der Waals surface area contributed by atoms with E-state index in [1.54, 1.807) is 6.33 Å². The third-order valence-corrected chi connectivity index (χ3v) is 4.51. The molecule has 0 spiro atoms. The molecule has 3 heterocycles. The smallest absolute Gasteiger partial charge is 0.222 e. The maximum atomic E-state index is 11.6. The van der Waals surface area contributed by atoms with Crippen LogP contribution < -0.4 is 5.32 Å². The summed E-state index contributed by atoms with van der Waals surface area (Å²) in [7, 11) is 1.94. The van der Waals surface area contributed by atoms with Gasteiger partial charge in [0.1, 0.15) is 12.1 Å². The predicted octanol–water partition coefficient (Wildman–Crippen LogP) is 1.92. The van der Waals surface area contributed by atoms with E-state index in [1.807, 2.05) is 36.5 Å². The Morgan fingerprint density at radius 1 is 1.29 bits per heavy atom. The van der Waals surface area contributed by atoms with Crippen molar-refractivity contribution in [2.24, 2.45) is 7.05 Å². The molecule has 0 radical (unpaired) electrons. The second-order valence-corrected chi connectivity index (χ2v) is 6.22. The van der Waals surface area contributed by atoms with Gasteiger partial charge in [0.25, 0.3) is 0 Å². The van der Waals surface area contributed by atoms with E-state index in [0.717, 1.165) is 60.9 Å². The molecule has 0 atom stereocenters. The van der Waals surface area contributed by atoms with Gasteiger partial charge in [0.2, 0.25) is 5.91 Å². The largest absolute Gasteiger partial charge is 0.370 e. The fraction of sp³-hybridized carbons (Fsp3) is 0.529. The van der Waals surface area contributed by atoms with E-state index < -0.39 is 0 Å². The molecule has 3 rings (SSSR count). The van der Waals surface area contributed by atoms with Gasteiger partial charge in [-0.2, -0.15) is 5.10 Å². The van der Waals surface area contributed by atoms with E-state index >= 15 is 0 Å². The van der Waals surface area contributed by atoms with Gasteiger partial charge in [0.15, 0.2) is 0 Å². The molecule has 1 aliphatic rings. The second-order valence-electron chi connectivity index (χ2n) is 6.22. The molecule has 24 heavy (non-hydrogen) atoms. The molecular formula is C17H24N6O. The third kappa shape index (κ3) is 3.39. The molecule has 0 saturated carbocycles. The summed E-state index contributed by atoms with van der Waals surface area (Å²) in [6.45, 7) is 6.52. The Labute approximate surface area is 142 Å². The zero-order chi connectivity index (χ0) is 17.1. The van der Waals surface area contributed by atoms with Gasteiger partial charge in [-0.05, 0) is 26.7 Å². The van der Waals surface area contributed by atoms with Crippen LogP contribution in [0.15, 0.2) is 12.4 Å². The molecular weight excluding hydrogens is 304 g/mol. The Balaban J connectivity index is 1.60. The lowest BCUT2D eigenvalue weighted by Crippen LogP contribution is -2.27. The number of amides is 1. The molecule has 1 amide bonds. The Kier molecular flexibility index (Phi) is 4.78. The zero-order valence-corrected chi connectivity index (χ0v) is 14.5. The average Bonchev–Trinajstić information content (AvgIpc) is 3.07. The third-order valence-electron chi connectivity index (χ3n) is 4.51. The highest BCUT2D eigenvalue weighted by molar-refractivity contribution is 5.78. The summed E-state index contributed by atoms with van der Waals surface area (Å²) in [6, 6.07) is 1.96. The Hall–Kier alpha value is -2.44. The highest BCUT2D eigenvalue weighted by Gasteiger charge is 2.19. The Bertz CT molecular complexity index is 739. The second kappa shape index (κ2) is 6.98. The lowest BCUT2D eigenvalue weighted by Gasteiger charge is -2.15. The molecule has 7 heteroatoms. The molecule has 0 unspecified atom stereocenters. The van der Waals surface area contributed by atoms with Crippen molar-refractivity contribution in [3.05, 3.63) is 23.8 Å². The number of anilines is 1. The first kappa shape index (κ1) is 16.4. The van der Waals surface area contributed by atoms with E-state index in [4.69, 9.17) is 0 Å². The van der Waals surface area contributed by atoms with E-state index in [1.165, 1.54) is 0 Å². The van der Waals surface area contributed by atoms with Gasteiger partial charge in [0.05, 0.1) is 11.4 Å². The number of carbonyl (C=O) groups excluding carboxylic acids is 1. The molecule has 128 valence electrons. The molecule has 1 fully saturated rings. The van der Waals surface area contributed by atoms with Crippen molar-refractivity contribution in [2.45, 2.75) is 33.1 Å². The van der Waals surface area contributed by atoms with Gasteiger partial charge >= 0.3 is 0 Å². The number of rotatable bonds is 6. The maximum absolute atomic E-state index is 11.6. The SMILES string of the molecule is Cc1nn(C)c(C)c1-c1cc(NCCCN2CCCC2=O)ncn1. The number of hydrogen-bond donors (Lipinski definition) is 1. The van der Waals surface area contributed by atoms with Gasteiger partial charge in [-0.1, -0.05) is 0 Å². The number of aryl methyl sites for hydroxylation is 2. The first-order chi connectivity index (χ1) is 11.6. The lowest BCUT2D eigenvalue weighted by molar-refractivity contribution is -0.127. The minimum atomic E-state index is 0.279. The highest BCUT2D eigenvalue weighted by Crippen LogP contribution is 2.25. The van der Waals surface area contributed by atoms with Crippen LogP contribution in [0.4, 0.5) is 5.82 Å². The molecule has 1 saturated heterocycles. The lowest BCUT2D eigenvalue weighted by atomic mass is 10.1. The van der Waals surface area contributed by atoms with E-state index in [2.05, 4.69) is 20.4 Å². The average molecular weight is 328 g/mol. The summed E-state index contributed by atoms with van der Waals surface area (Å²) >= 11 is 0. The molecule has 1 aliphatic heterocycles. The monoisotopic (exact) mass is 328 g/mol. The van der Waals surface area contributed by atoms with Crippen molar-refractivity contribution in [2.75, 3.05) is 25.0 Å². The van der Waals surface area contributed by atoms with Crippen LogP contribution in [-0.2, 0) is 11.8 Å². The van der Waals surface area contributed by atoms with Crippen molar-refractivity contribution in [1.29, 1.82) is 0 Å². The molecule has 2 aromatic rings. The molecule has 7 nitrogen and oxygen atoms in total. The Morgan fingerprint density at radius 2 is 2.12 bits per heavy atom. The van der Waals surface area contributed by atoms with Crippen molar-refractivity contribution < 1.29 is 4.79 Å². The van der Waals surface area contributed by atoms with E-state index in [9.17, 15) is 4.79 Å². The van der Waals surface area contributed by atoms with Crippen LogP contribution in [0.5, 0.6) is 0 Å². The fourth-order valence-electron chi connectivity index (χ4n) is 3.16. The van der Waals surface area contributed by atoms with Crippen LogP contribution in [0.1, 0.15) is 30.7 Å². The summed E-state index contributed by atoms with van der Waals surface area (Å²) in [5.74, 6) is 1.08. The zero-order valence-electron chi connectivity index (χ0n) is 14.5. The van der Waals surface area contributed by atoms with Crippen LogP contribution in [0.25, 0.3) is 11.3 Å². The summed E-state index contributed by atoms with van der Waals surface area (Å²) in [4.78, 5) is 22.2. The number of nitrogens with zero attached hydrogens (tertiary/aromatic N) is 5. The van der Waals surface area contributed by atoms with Crippen molar-refractivity contribution in [3.63, 3.8) is 0 Å². The number of aromatic nitrogens is 4. The number of hydrogen-bond acceptors (Lipinski definition) is 5. The number of carbonyl (C=O) groups is 1. The summed E-state index contributed by atoms with van der Waals surface area (Å²) in [6.07, 6.45) is 4.18.